The van der Waals surface area contributed by atoms with Crippen LogP contribution < -0.4 is 0 Å². The maximum atomic E-state index is 11.5. The molecule has 1 saturated carbocycles. The van der Waals surface area contributed by atoms with E-state index in [0.717, 1.165) is 12.8 Å². The molecule has 0 bridgehead atoms. The first-order valence-corrected chi connectivity index (χ1v) is 6.24. The molecule has 0 N–H and O–H groups in total. The van der Waals surface area contributed by atoms with Gasteiger partial charge in [-0.15, -0.1) is 0 Å². The fourth-order valence-corrected chi connectivity index (χ4v) is 2.86. The second kappa shape index (κ2) is 6.45. The molecule has 17 heavy (non-hydrogen) atoms. The van der Waals surface area contributed by atoms with Crippen molar-refractivity contribution < 1.29 is 4.79 Å². The summed E-state index contributed by atoms with van der Waals surface area (Å²) in [4.78, 5) is 14.3. The second-order valence-corrected chi connectivity index (χ2v) is 5.02. The van der Waals surface area contributed by atoms with Crippen molar-refractivity contribution in [1.29, 1.82) is 0 Å². The highest BCUT2D eigenvalue weighted by molar-refractivity contribution is 5.78. The minimum atomic E-state index is 0.190. The molecule has 0 aromatic heterocycles. The summed E-state index contributed by atoms with van der Waals surface area (Å²) in [5, 5.41) is 3.65. The molecular formula is C13H21N3O. The SMILES string of the molecule is C/C=C\C1CC(C(C)=O)CC1C(C)CN=[N+]=[N-]. The van der Waals surface area contributed by atoms with Crippen molar-refractivity contribution in [2.45, 2.75) is 33.6 Å². The number of nitrogens with zero attached hydrogens (tertiary/aromatic N) is 3. The molecule has 0 aromatic rings. The number of hydrogen-bond donors (Lipinski definition) is 0. The average Bonchev–Trinajstić information content (AvgIpc) is 2.70. The molecule has 1 aliphatic rings. The smallest absolute Gasteiger partial charge is 0.132 e. The summed E-state index contributed by atoms with van der Waals surface area (Å²) in [5.41, 5.74) is 8.36. The van der Waals surface area contributed by atoms with E-state index in [1.165, 1.54) is 0 Å². The Kier molecular flexibility index (Phi) is 5.23. The molecule has 4 unspecified atom stereocenters. The first-order valence-electron chi connectivity index (χ1n) is 6.24. The van der Waals surface area contributed by atoms with Crippen LogP contribution >= 0.6 is 0 Å². The third kappa shape index (κ3) is 3.60. The summed E-state index contributed by atoms with van der Waals surface area (Å²) < 4.78 is 0. The second-order valence-electron chi connectivity index (χ2n) is 5.02. The molecule has 1 rings (SSSR count). The van der Waals surface area contributed by atoms with Crippen molar-refractivity contribution in [1.82, 2.24) is 0 Å². The lowest BCUT2D eigenvalue weighted by molar-refractivity contribution is -0.120. The third-order valence-electron chi connectivity index (χ3n) is 3.84. The molecule has 0 amide bonds. The Balaban J connectivity index is 2.73. The number of carbonyl (C=O) groups is 1. The quantitative estimate of drug-likeness (QED) is 0.310. The first-order chi connectivity index (χ1) is 8.10. The molecule has 4 atom stereocenters. The number of Topliss-reactive ketones (excluding diaryl/α,β-unsaturated/α-hetero) is 1. The summed E-state index contributed by atoms with van der Waals surface area (Å²) in [5.74, 6) is 1.74. The van der Waals surface area contributed by atoms with E-state index in [1.807, 2.05) is 6.92 Å². The number of hydrogen-bond acceptors (Lipinski definition) is 2. The summed E-state index contributed by atoms with van der Waals surface area (Å²) in [6.07, 6.45) is 6.14. The summed E-state index contributed by atoms with van der Waals surface area (Å²) >= 11 is 0. The Hall–Kier alpha value is -1.28. The van der Waals surface area contributed by atoms with E-state index in [0.29, 0.717) is 24.3 Å². The maximum Gasteiger partial charge on any atom is 0.132 e. The minimum Gasteiger partial charge on any atom is -0.300 e. The lowest BCUT2D eigenvalue weighted by atomic mass is 9.84. The highest BCUT2D eigenvalue weighted by Crippen LogP contribution is 2.42. The zero-order valence-corrected chi connectivity index (χ0v) is 10.8. The molecule has 4 nitrogen and oxygen atoms in total. The van der Waals surface area contributed by atoms with Gasteiger partial charge in [0.1, 0.15) is 5.78 Å². The highest BCUT2D eigenvalue weighted by atomic mass is 16.1. The largest absolute Gasteiger partial charge is 0.300 e. The maximum absolute atomic E-state index is 11.5. The summed E-state index contributed by atoms with van der Waals surface area (Å²) in [6, 6.07) is 0. The van der Waals surface area contributed by atoms with Gasteiger partial charge in [0, 0.05) is 17.4 Å². The van der Waals surface area contributed by atoms with Gasteiger partial charge in [-0.25, -0.2) is 0 Å². The number of rotatable bonds is 5. The molecule has 0 aliphatic heterocycles. The molecule has 0 radical (unpaired) electrons. The van der Waals surface area contributed by atoms with E-state index in [1.54, 1.807) is 6.92 Å². The van der Waals surface area contributed by atoms with E-state index in [9.17, 15) is 4.79 Å². The average molecular weight is 235 g/mol. The van der Waals surface area contributed by atoms with Crippen LogP contribution in [0.15, 0.2) is 17.3 Å². The molecule has 1 fully saturated rings. The van der Waals surface area contributed by atoms with Gasteiger partial charge in [0.25, 0.3) is 0 Å². The van der Waals surface area contributed by atoms with Gasteiger partial charge in [-0.1, -0.05) is 24.2 Å². The van der Waals surface area contributed by atoms with Gasteiger partial charge in [-0.05, 0) is 50.0 Å². The van der Waals surface area contributed by atoms with E-state index in [2.05, 4.69) is 29.1 Å². The van der Waals surface area contributed by atoms with Crippen molar-refractivity contribution in [3.63, 3.8) is 0 Å². The number of azide groups is 1. The molecule has 94 valence electrons. The lowest BCUT2D eigenvalue weighted by Crippen LogP contribution is -2.17. The monoisotopic (exact) mass is 235 g/mol. The minimum absolute atomic E-state index is 0.190. The van der Waals surface area contributed by atoms with Gasteiger partial charge in [-0.2, -0.15) is 0 Å². The van der Waals surface area contributed by atoms with Gasteiger partial charge in [0.05, 0.1) is 0 Å². The molecule has 0 saturated heterocycles. The van der Waals surface area contributed by atoms with Gasteiger partial charge in [0.2, 0.25) is 0 Å². The lowest BCUT2D eigenvalue weighted by Gasteiger charge is -2.22. The van der Waals surface area contributed by atoms with Crippen LogP contribution in [-0.2, 0) is 4.79 Å². The van der Waals surface area contributed by atoms with E-state index >= 15 is 0 Å². The Morgan fingerprint density at radius 3 is 2.82 bits per heavy atom. The molecule has 0 heterocycles. The summed E-state index contributed by atoms with van der Waals surface area (Å²) in [7, 11) is 0. The van der Waals surface area contributed by atoms with Crippen LogP contribution in [-0.4, -0.2) is 12.3 Å². The Labute approximate surface area is 103 Å². The van der Waals surface area contributed by atoms with Gasteiger partial charge in [-0.3, -0.25) is 4.79 Å². The molecular weight excluding hydrogens is 214 g/mol. The van der Waals surface area contributed by atoms with Gasteiger partial charge >= 0.3 is 0 Å². The zero-order chi connectivity index (χ0) is 12.8. The first kappa shape index (κ1) is 13.8. The highest BCUT2D eigenvalue weighted by Gasteiger charge is 2.37. The van der Waals surface area contributed by atoms with Crippen LogP contribution in [0.5, 0.6) is 0 Å². The van der Waals surface area contributed by atoms with Crippen LogP contribution in [0.4, 0.5) is 0 Å². The molecule has 0 spiro atoms. The Bertz CT molecular complexity index is 345. The Morgan fingerprint density at radius 1 is 1.59 bits per heavy atom. The van der Waals surface area contributed by atoms with Crippen LogP contribution in [0.1, 0.15) is 33.6 Å². The standard InChI is InChI=1S/C13H21N3O/c1-4-5-11-6-12(10(3)17)7-13(11)9(2)8-15-16-14/h4-5,9,11-13H,6-8H2,1-3H3/b5-4-. The zero-order valence-electron chi connectivity index (χ0n) is 10.8. The Morgan fingerprint density at radius 2 is 2.29 bits per heavy atom. The van der Waals surface area contributed by atoms with Crippen LogP contribution in [0.2, 0.25) is 0 Å². The predicted octanol–water partition coefficient (Wildman–Crippen LogP) is 3.74. The van der Waals surface area contributed by atoms with Crippen LogP contribution in [0, 0.1) is 23.7 Å². The topological polar surface area (TPSA) is 65.8 Å². The van der Waals surface area contributed by atoms with Crippen LogP contribution in [0.25, 0.3) is 10.4 Å². The molecule has 1 aliphatic carbocycles. The number of carbonyl (C=O) groups excluding carboxylic acids is 1. The van der Waals surface area contributed by atoms with E-state index in [-0.39, 0.29) is 11.7 Å². The van der Waals surface area contributed by atoms with Crippen molar-refractivity contribution in [3.8, 4) is 0 Å². The van der Waals surface area contributed by atoms with Crippen molar-refractivity contribution in [2.75, 3.05) is 6.54 Å². The number of allylic oxidation sites excluding steroid dienone is 2. The van der Waals surface area contributed by atoms with Crippen molar-refractivity contribution in [3.05, 3.63) is 22.6 Å². The van der Waals surface area contributed by atoms with E-state index in [4.69, 9.17) is 5.53 Å². The van der Waals surface area contributed by atoms with Crippen molar-refractivity contribution >= 4 is 5.78 Å². The van der Waals surface area contributed by atoms with Crippen molar-refractivity contribution in [2.24, 2.45) is 28.8 Å². The van der Waals surface area contributed by atoms with Crippen LogP contribution in [0.3, 0.4) is 0 Å². The predicted molar refractivity (Wildman–Crippen MR) is 68.4 cm³/mol. The number of ketones is 1. The summed E-state index contributed by atoms with van der Waals surface area (Å²) in [6.45, 7) is 6.33. The third-order valence-corrected chi connectivity index (χ3v) is 3.84. The fraction of sp³-hybridized carbons (Fsp3) is 0.769. The normalized spacial score (nSPS) is 30.2. The fourth-order valence-electron chi connectivity index (χ4n) is 2.86. The van der Waals surface area contributed by atoms with E-state index < -0.39 is 0 Å². The van der Waals surface area contributed by atoms with Gasteiger partial charge < -0.3 is 0 Å². The molecule has 4 heteroatoms. The van der Waals surface area contributed by atoms with Gasteiger partial charge in [0.15, 0.2) is 0 Å². The molecule has 0 aromatic carbocycles.